The lowest BCUT2D eigenvalue weighted by molar-refractivity contribution is -0.0436. The molecule has 7 heteroatoms. The zero-order chi connectivity index (χ0) is 14.2. The summed E-state index contributed by atoms with van der Waals surface area (Å²) < 4.78 is 59.6. The first-order chi connectivity index (χ1) is 7.93. The monoisotopic (exact) mass is 281 g/mol. The Balaban J connectivity index is 3.19. The third kappa shape index (κ3) is 3.46. The molecule has 0 unspecified atom stereocenters. The van der Waals surface area contributed by atoms with Crippen molar-refractivity contribution < 1.29 is 21.6 Å². The fourth-order valence-corrected chi connectivity index (χ4v) is 2.31. The van der Waals surface area contributed by atoms with Gasteiger partial charge in [-0.2, -0.15) is 13.2 Å². The summed E-state index contributed by atoms with van der Waals surface area (Å²) in [6.45, 7) is 3.41. The van der Waals surface area contributed by atoms with Crippen LogP contribution in [0.4, 0.5) is 13.2 Å². The molecule has 3 nitrogen and oxygen atoms in total. The van der Waals surface area contributed by atoms with Crippen molar-refractivity contribution in [3.8, 4) is 0 Å². The van der Waals surface area contributed by atoms with Crippen molar-refractivity contribution in [2.45, 2.75) is 36.2 Å². The molecular weight excluding hydrogens is 267 g/mol. The van der Waals surface area contributed by atoms with Gasteiger partial charge >= 0.3 is 5.51 Å². The van der Waals surface area contributed by atoms with Gasteiger partial charge in [0.15, 0.2) is 0 Å². The van der Waals surface area contributed by atoms with Crippen molar-refractivity contribution in [3.63, 3.8) is 0 Å². The number of sulfone groups is 1. The van der Waals surface area contributed by atoms with E-state index in [1.807, 2.05) is 0 Å². The molecule has 2 N–H and O–H groups in total. The van der Waals surface area contributed by atoms with E-state index in [0.717, 1.165) is 12.1 Å². The number of alkyl halides is 3. The van der Waals surface area contributed by atoms with E-state index in [2.05, 4.69) is 0 Å². The highest BCUT2D eigenvalue weighted by Crippen LogP contribution is 2.30. The second-order valence-corrected chi connectivity index (χ2v) is 6.70. The summed E-state index contributed by atoms with van der Waals surface area (Å²) in [5.74, 6) is 0. The fraction of sp³-hybridized carbons (Fsp3) is 0.455. The summed E-state index contributed by atoms with van der Waals surface area (Å²) in [7, 11) is -5.30. The zero-order valence-corrected chi connectivity index (χ0v) is 10.8. The second-order valence-electron chi connectivity index (χ2n) is 4.76. The Morgan fingerprint density at radius 3 is 2.22 bits per heavy atom. The Labute approximate surface area is 104 Å². The Hall–Kier alpha value is -1.08. The molecule has 0 aliphatic heterocycles. The molecular formula is C11H14F3NO2S. The van der Waals surface area contributed by atoms with Gasteiger partial charge in [0.2, 0.25) is 0 Å². The summed E-state index contributed by atoms with van der Waals surface area (Å²) in [5.41, 5.74) is 0.280. The summed E-state index contributed by atoms with van der Waals surface area (Å²) >= 11 is 0. The van der Waals surface area contributed by atoms with E-state index in [-0.39, 0.29) is 6.42 Å². The van der Waals surface area contributed by atoms with Crippen LogP contribution in [0.5, 0.6) is 0 Å². The van der Waals surface area contributed by atoms with E-state index in [1.54, 1.807) is 19.9 Å². The molecule has 0 radical (unpaired) electrons. The first-order valence-corrected chi connectivity index (χ1v) is 6.61. The molecule has 0 bridgehead atoms. The minimum atomic E-state index is -5.30. The van der Waals surface area contributed by atoms with E-state index in [9.17, 15) is 21.6 Å². The van der Waals surface area contributed by atoms with Crippen LogP contribution in [-0.2, 0) is 16.3 Å². The van der Waals surface area contributed by atoms with Gasteiger partial charge in [-0.3, -0.25) is 0 Å². The highest BCUT2D eigenvalue weighted by atomic mass is 32.2. The predicted octanol–water partition coefficient (Wildman–Crippen LogP) is 2.26. The van der Waals surface area contributed by atoms with Gasteiger partial charge in [0.1, 0.15) is 0 Å². The van der Waals surface area contributed by atoms with E-state index < -0.39 is 25.8 Å². The molecule has 0 heterocycles. The summed E-state index contributed by atoms with van der Waals surface area (Å²) in [6, 6.07) is 4.76. The van der Waals surface area contributed by atoms with Crippen molar-refractivity contribution in [1.82, 2.24) is 0 Å². The quantitative estimate of drug-likeness (QED) is 0.924. The van der Waals surface area contributed by atoms with Crippen LogP contribution in [0.2, 0.25) is 0 Å². The number of nitrogens with two attached hydrogens (primary N) is 1. The lowest BCUT2D eigenvalue weighted by Crippen LogP contribution is -2.34. The molecule has 1 aromatic rings. The Morgan fingerprint density at radius 1 is 1.22 bits per heavy atom. The van der Waals surface area contributed by atoms with Crippen molar-refractivity contribution in [2.75, 3.05) is 0 Å². The third-order valence-electron chi connectivity index (χ3n) is 2.17. The van der Waals surface area contributed by atoms with Gasteiger partial charge in [-0.15, -0.1) is 0 Å². The van der Waals surface area contributed by atoms with Crippen molar-refractivity contribution >= 4 is 9.84 Å². The highest BCUT2D eigenvalue weighted by Gasteiger charge is 2.46. The topological polar surface area (TPSA) is 60.2 Å². The molecule has 0 amide bonds. The first kappa shape index (κ1) is 15.0. The van der Waals surface area contributed by atoms with Gasteiger partial charge in [-0.25, -0.2) is 8.42 Å². The van der Waals surface area contributed by atoms with Gasteiger partial charge < -0.3 is 5.73 Å². The summed E-state index contributed by atoms with van der Waals surface area (Å²) in [4.78, 5) is -0.753. The SMILES string of the molecule is CC(C)(N)Cc1cccc(S(=O)(=O)C(F)(F)F)c1. The van der Waals surface area contributed by atoms with Crippen molar-refractivity contribution in [1.29, 1.82) is 0 Å². The molecule has 0 aliphatic carbocycles. The maximum absolute atomic E-state index is 12.4. The average Bonchev–Trinajstić information content (AvgIpc) is 2.13. The average molecular weight is 281 g/mol. The van der Waals surface area contributed by atoms with E-state index in [4.69, 9.17) is 5.73 Å². The smallest absolute Gasteiger partial charge is 0.325 e. The largest absolute Gasteiger partial charge is 0.501 e. The van der Waals surface area contributed by atoms with Gasteiger partial charge in [0.25, 0.3) is 9.84 Å². The third-order valence-corrected chi connectivity index (χ3v) is 3.66. The van der Waals surface area contributed by atoms with Gasteiger partial charge in [0.05, 0.1) is 4.90 Å². The Kier molecular flexibility index (Phi) is 3.78. The van der Waals surface area contributed by atoms with Crippen LogP contribution in [0.1, 0.15) is 19.4 Å². The van der Waals surface area contributed by atoms with Crippen LogP contribution in [0.15, 0.2) is 29.2 Å². The summed E-state index contributed by atoms with van der Waals surface area (Å²) in [5, 5.41) is 0. The Bertz CT molecular complexity index is 530. The standard InChI is InChI=1S/C11H14F3NO2S/c1-10(2,15)7-8-4-3-5-9(6-8)18(16,17)11(12,13)14/h3-6H,7,15H2,1-2H3. The molecule has 0 saturated heterocycles. The van der Waals surface area contributed by atoms with Gasteiger partial charge in [-0.05, 0) is 38.0 Å². The number of hydrogen-bond acceptors (Lipinski definition) is 3. The molecule has 0 saturated carbocycles. The fourth-order valence-electron chi connectivity index (χ4n) is 1.48. The Morgan fingerprint density at radius 2 is 1.78 bits per heavy atom. The first-order valence-electron chi connectivity index (χ1n) is 5.13. The molecule has 0 aromatic heterocycles. The molecule has 1 rings (SSSR count). The van der Waals surface area contributed by atoms with Crippen LogP contribution in [-0.4, -0.2) is 19.5 Å². The molecule has 0 spiro atoms. The zero-order valence-electron chi connectivity index (χ0n) is 9.95. The molecule has 0 aliphatic rings. The predicted molar refractivity (Wildman–Crippen MR) is 61.7 cm³/mol. The second kappa shape index (κ2) is 4.55. The minimum absolute atomic E-state index is 0.286. The number of rotatable bonds is 3. The maximum atomic E-state index is 12.4. The van der Waals surface area contributed by atoms with Crippen molar-refractivity contribution in [3.05, 3.63) is 29.8 Å². The minimum Gasteiger partial charge on any atom is -0.325 e. The van der Waals surface area contributed by atoms with Gasteiger partial charge in [-0.1, -0.05) is 12.1 Å². The van der Waals surface area contributed by atoms with Gasteiger partial charge in [0, 0.05) is 5.54 Å². The molecule has 0 atom stereocenters. The highest BCUT2D eigenvalue weighted by molar-refractivity contribution is 7.92. The number of benzene rings is 1. The number of halogens is 3. The van der Waals surface area contributed by atoms with Crippen LogP contribution >= 0.6 is 0 Å². The van der Waals surface area contributed by atoms with Crippen LogP contribution < -0.4 is 5.73 Å². The van der Waals surface area contributed by atoms with E-state index in [0.29, 0.717) is 5.56 Å². The number of hydrogen-bond donors (Lipinski definition) is 1. The van der Waals surface area contributed by atoms with E-state index >= 15 is 0 Å². The molecule has 0 fully saturated rings. The van der Waals surface area contributed by atoms with Crippen LogP contribution in [0, 0.1) is 0 Å². The molecule has 1 aromatic carbocycles. The van der Waals surface area contributed by atoms with Crippen LogP contribution in [0.3, 0.4) is 0 Å². The van der Waals surface area contributed by atoms with Crippen molar-refractivity contribution in [2.24, 2.45) is 5.73 Å². The normalized spacial score (nSPS) is 13.7. The summed E-state index contributed by atoms with van der Waals surface area (Å²) in [6.07, 6.45) is 0.286. The lowest BCUT2D eigenvalue weighted by Gasteiger charge is -2.18. The molecule has 102 valence electrons. The maximum Gasteiger partial charge on any atom is 0.501 e. The lowest BCUT2D eigenvalue weighted by atomic mass is 9.96. The van der Waals surface area contributed by atoms with Crippen LogP contribution in [0.25, 0.3) is 0 Å². The molecule has 18 heavy (non-hydrogen) atoms. The van der Waals surface area contributed by atoms with E-state index in [1.165, 1.54) is 6.07 Å².